The average molecular weight is 511 g/mol. The Bertz CT molecular complexity index is 1290. The zero-order valence-corrected chi connectivity index (χ0v) is 20.5. The molecule has 0 aliphatic carbocycles. The van der Waals surface area contributed by atoms with Crippen molar-refractivity contribution >= 4 is 51.6 Å². The third kappa shape index (κ3) is 5.02. The summed E-state index contributed by atoms with van der Waals surface area (Å²) in [6.45, 7) is 2.72. The van der Waals surface area contributed by atoms with Gasteiger partial charge >= 0.3 is 6.03 Å². The Morgan fingerprint density at radius 3 is 2.64 bits per heavy atom. The molecule has 0 spiro atoms. The van der Waals surface area contributed by atoms with Gasteiger partial charge in [-0.1, -0.05) is 17.7 Å². The highest BCUT2D eigenvalue weighted by atomic mass is 35.5. The minimum absolute atomic E-state index is 0.206. The number of nitrogens with two attached hydrogens (primary N) is 1. The smallest absolute Gasteiger partial charge is 0.318 e. The van der Waals surface area contributed by atoms with E-state index in [0.29, 0.717) is 55.7 Å². The molecule has 5 rings (SSSR count). The lowest BCUT2D eigenvalue weighted by Gasteiger charge is -2.37. The first-order chi connectivity index (χ1) is 17.4. The molecular formula is C26H28ClFN6O2. The minimum atomic E-state index is -0.644. The van der Waals surface area contributed by atoms with E-state index in [1.165, 1.54) is 12.1 Å². The van der Waals surface area contributed by atoms with Gasteiger partial charge in [-0.05, 0) is 55.7 Å². The molecule has 3 N–H and O–H groups in total. The van der Waals surface area contributed by atoms with Crippen LogP contribution in [0.25, 0.3) is 10.9 Å². The SMILES string of the molecule is Nc1cc(N2CCN(C(=O)N[C@H]3CCCCN(c4cccc(F)c4)C3=O)CC2)c2ccc(Cl)cc2n1. The maximum atomic E-state index is 13.7. The van der Waals surface area contributed by atoms with Gasteiger partial charge in [0.1, 0.15) is 17.7 Å². The van der Waals surface area contributed by atoms with E-state index in [4.69, 9.17) is 17.3 Å². The van der Waals surface area contributed by atoms with Gasteiger partial charge in [-0.15, -0.1) is 0 Å². The van der Waals surface area contributed by atoms with Crippen molar-refractivity contribution in [3.63, 3.8) is 0 Å². The van der Waals surface area contributed by atoms with Crippen LogP contribution in [0.2, 0.25) is 5.02 Å². The van der Waals surface area contributed by atoms with Crippen LogP contribution in [0.5, 0.6) is 0 Å². The number of aromatic nitrogens is 1. The van der Waals surface area contributed by atoms with Crippen LogP contribution in [0, 0.1) is 5.82 Å². The van der Waals surface area contributed by atoms with Crippen LogP contribution >= 0.6 is 11.6 Å². The number of carbonyl (C=O) groups excluding carboxylic acids is 2. The van der Waals surface area contributed by atoms with Crippen LogP contribution in [0.3, 0.4) is 0 Å². The number of nitrogens with one attached hydrogen (secondary N) is 1. The van der Waals surface area contributed by atoms with Gasteiger partial charge in [0.25, 0.3) is 0 Å². The quantitative estimate of drug-likeness (QED) is 0.555. The van der Waals surface area contributed by atoms with Crippen molar-refractivity contribution < 1.29 is 14.0 Å². The molecule has 2 saturated heterocycles. The van der Waals surface area contributed by atoms with Gasteiger partial charge in [0, 0.05) is 60.6 Å². The van der Waals surface area contributed by atoms with E-state index in [9.17, 15) is 14.0 Å². The molecule has 3 amide bonds. The molecule has 1 atom stereocenters. The number of nitrogens with zero attached hydrogens (tertiary/aromatic N) is 4. The number of anilines is 3. The summed E-state index contributed by atoms with van der Waals surface area (Å²) >= 11 is 6.13. The molecule has 3 aromatic rings. The predicted octanol–water partition coefficient (Wildman–Crippen LogP) is 4.03. The third-order valence-electron chi connectivity index (χ3n) is 6.78. The summed E-state index contributed by atoms with van der Waals surface area (Å²) in [5.41, 5.74) is 8.24. The number of nitrogen functional groups attached to an aromatic ring is 1. The minimum Gasteiger partial charge on any atom is -0.384 e. The Morgan fingerprint density at radius 2 is 1.86 bits per heavy atom. The molecule has 0 radical (unpaired) electrons. The summed E-state index contributed by atoms with van der Waals surface area (Å²) in [6.07, 6.45) is 2.15. The Kier molecular flexibility index (Phi) is 6.82. The fourth-order valence-corrected chi connectivity index (χ4v) is 5.10. The lowest BCUT2D eigenvalue weighted by molar-refractivity contribution is -0.120. The number of hydrogen-bond acceptors (Lipinski definition) is 5. The number of rotatable bonds is 3. The second kappa shape index (κ2) is 10.2. The van der Waals surface area contributed by atoms with Crippen molar-refractivity contribution in [2.75, 3.05) is 48.3 Å². The van der Waals surface area contributed by atoms with Crippen molar-refractivity contribution in [1.82, 2.24) is 15.2 Å². The highest BCUT2D eigenvalue weighted by Gasteiger charge is 2.31. The molecule has 8 nitrogen and oxygen atoms in total. The van der Waals surface area contributed by atoms with Crippen molar-refractivity contribution in [2.24, 2.45) is 0 Å². The van der Waals surface area contributed by atoms with E-state index in [1.807, 2.05) is 18.2 Å². The summed E-state index contributed by atoms with van der Waals surface area (Å²) in [5.74, 6) is -0.188. The third-order valence-corrected chi connectivity index (χ3v) is 7.02. The van der Waals surface area contributed by atoms with Gasteiger partial charge in [0.2, 0.25) is 5.91 Å². The van der Waals surface area contributed by atoms with Crippen LogP contribution in [-0.2, 0) is 4.79 Å². The van der Waals surface area contributed by atoms with Crippen LogP contribution < -0.4 is 20.9 Å². The van der Waals surface area contributed by atoms with Crippen LogP contribution in [-0.4, -0.2) is 60.6 Å². The monoisotopic (exact) mass is 510 g/mol. The summed E-state index contributed by atoms with van der Waals surface area (Å²) < 4.78 is 13.7. The topological polar surface area (TPSA) is 94.8 Å². The van der Waals surface area contributed by atoms with Gasteiger partial charge < -0.3 is 25.8 Å². The number of urea groups is 1. The van der Waals surface area contributed by atoms with E-state index in [-0.39, 0.29) is 11.9 Å². The first kappa shape index (κ1) is 24.1. The average Bonchev–Trinajstić information content (AvgIpc) is 3.04. The summed E-state index contributed by atoms with van der Waals surface area (Å²) in [6, 6.07) is 12.5. The van der Waals surface area contributed by atoms with Gasteiger partial charge in [-0.2, -0.15) is 0 Å². The second-order valence-electron chi connectivity index (χ2n) is 9.17. The number of halogens is 2. The first-order valence-electron chi connectivity index (χ1n) is 12.1. The lowest BCUT2D eigenvalue weighted by Crippen LogP contribution is -2.56. The van der Waals surface area contributed by atoms with Gasteiger partial charge in [-0.3, -0.25) is 4.79 Å². The van der Waals surface area contributed by atoms with Crippen molar-refractivity contribution in [1.29, 1.82) is 0 Å². The van der Waals surface area contributed by atoms with Crippen molar-refractivity contribution in [3.8, 4) is 0 Å². The van der Waals surface area contributed by atoms with E-state index in [0.717, 1.165) is 29.4 Å². The first-order valence-corrected chi connectivity index (χ1v) is 12.5. The fraction of sp³-hybridized carbons (Fsp3) is 0.346. The molecule has 0 bridgehead atoms. The molecule has 36 heavy (non-hydrogen) atoms. The number of benzene rings is 2. The van der Waals surface area contributed by atoms with Crippen LogP contribution in [0.4, 0.5) is 26.4 Å². The molecule has 188 valence electrons. The maximum Gasteiger partial charge on any atom is 0.318 e. The number of fused-ring (bicyclic) bond motifs is 1. The van der Waals surface area contributed by atoms with Crippen LogP contribution in [0.1, 0.15) is 19.3 Å². The molecule has 3 heterocycles. The molecule has 10 heteroatoms. The number of hydrogen-bond donors (Lipinski definition) is 2. The largest absolute Gasteiger partial charge is 0.384 e. The van der Waals surface area contributed by atoms with Crippen molar-refractivity contribution in [3.05, 3.63) is 59.4 Å². The normalized spacial score (nSPS) is 18.9. The van der Waals surface area contributed by atoms with Gasteiger partial charge in [0.05, 0.1) is 5.52 Å². The highest BCUT2D eigenvalue weighted by Crippen LogP contribution is 2.30. The molecule has 2 aliphatic heterocycles. The van der Waals surface area contributed by atoms with E-state index in [1.54, 1.807) is 28.0 Å². The van der Waals surface area contributed by atoms with Crippen LogP contribution in [0.15, 0.2) is 48.5 Å². The Labute approximate surface area is 213 Å². The molecule has 0 unspecified atom stereocenters. The van der Waals surface area contributed by atoms with E-state index < -0.39 is 11.9 Å². The summed E-state index contributed by atoms with van der Waals surface area (Å²) in [4.78, 5) is 36.2. The molecule has 2 aromatic carbocycles. The number of piperazine rings is 1. The Balaban J connectivity index is 1.24. The standard InChI is InChI=1S/C26H28ClFN6O2/c27-17-7-8-20-22(14-17)30-24(29)16-23(20)32-10-12-33(13-11-32)26(36)31-21-6-1-2-9-34(25(21)35)19-5-3-4-18(28)15-19/h3-5,7-8,14-16,21H,1-2,6,9-13H2,(H2,29,30)(H,31,36)/t21-/m0/s1. The Morgan fingerprint density at radius 1 is 1.06 bits per heavy atom. The lowest BCUT2D eigenvalue weighted by atomic mass is 10.1. The summed E-state index contributed by atoms with van der Waals surface area (Å²) in [5, 5.41) is 4.48. The highest BCUT2D eigenvalue weighted by molar-refractivity contribution is 6.31. The molecule has 2 fully saturated rings. The van der Waals surface area contributed by atoms with Gasteiger partial charge in [-0.25, -0.2) is 14.2 Å². The number of amides is 3. The predicted molar refractivity (Wildman–Crippen MR) is 140 cm³/mol. The fourth-order valence-electron chi connectivity index (χ4n) is 4.93. The maximum absolute atomic E-state index is 13.7. The molecular weight excluding hydrogens is 483 g/mol. The van der Waals surface area contributed by atoms with E-state index >= 15 is 0 Å². The summed E-state index contributed by atoms with van der Waals surface area (Å²) in [7, 11) is 0. The number of pyridine rings is 1. The Hall–Kier alpha value is -3.59. The zero-order chi connectivity index (χ0) is 25.2. The van der Waals surface area contributed by atoms with Crippen molar-refractivity contribution in [2.45, 2.75) is 25.3 Å². The zero-order valence-electron chi connectivity index (χ0n) is 19.8. The van der Waals surface area contributed by atoms with E-state index in [2.05, 4.69) is 15.2 Å². The second-order valence-corrected chi connectivity index (χ2v) is 9.61. The van der Waals surface area contributed by atoms with Gasteiger partial charge in [0.15, 0.2) is 0 Å². The molecule has 1 aromatic heterocycles. The molecule has 0 saturated carbocycles. The molecule has 2 aliphatic rings. The number of carbonyl (C=O) groups is 2.